The zero-order valence-electron chi connectivity index (χ0n) is 18.6. The van der Waals surface area contributed by atoms with Crippen LogP contribution < -0.4 is 4.74 Å². The lowest BCUT2D eigenvalue weighted by molar-refractivity contribution is -0.129. The summed E-state index contributed by atoms with van der Waals surface area (Å²) >= 11 is 4.52. The zero-order chi connectivity index (χ0) is 23.5. The molecular formula is C27H23I2NO3. The van der Waals surface area contributed by atoms with Gasteiger partial charge in [0.2, 0.25) is 5.90 Å². The van der Waals surface area contributed by atoms with Crippen LogP contribution in [0.3, 0.4) is 0 Å². The minimum Gasteiger partial charge on any atom is -0.487 e. The summed E-state index contributed by atoms with van der Waals surface area (Å²) in [4.78, 5) is 16.9. The molecule has 3 aromatic carbocycles. The summed E-state index contributed by atoms with van der Waals surface area (Å²) in [7, 11) is 0. The number of esters is 1. The second kappa shape index (κ2) is 10.4. The highest BCUT2D eigenvalue weighted by atomic mass is 127. The number of hydrogen-bond donors (Lipinski definition) is 0. The number of benzene rings is 3. The molecule has 0 unspecified atom stereocenters. The maximum Gasteiger partial charge on any atom is 0.363 e. The summed E-state index contributed by atoms with van der Waals surface area (Å²) in [6, 6.07) is 20.2. The molecule has 0 aliphatic carbocycles. The van der Waals surface area contributed by atoms with Gasteiger partial charge in [-0.25, -0.2) is 9.79 Å². The largest absolute Gasteiger partial charge is 0.487 e. The Balaban J connectivity index is 1.53. The standard InChI is InChI=1S/C27H23I2NO3/c1-16(2)20-8-10-21(11-9-20)26-30-24(27(31)33-26)14-19-12-22(28)25(23(29)13-19)32-15-18-6-4-17(3)5-7-18/h4-14,16H,15H2,1-3H3/b24-14-. The lowest BCUT2D eigenvalue weighted by Crippen LogP contribution is -2.05. The summed E-state index contributed by atoms with van der Waals surface area (Å²) in [5.74, 6) is 1.17. The number of aliphatic imine (C=N–C) groups is 1. The maximum absolute atomic E-state index is 12.4. The van der Waals surface area contributed by atoms with Crippen molar-refractivity contribution in [1.29, 1.82) is 0 Å². The molecular weight excluding hydrogens is 640 g/mol. The van der Waals surface area contributed by atoms with Crippen LogP contribution in [0.4, 0.5) is 0 Å². The molecule has 3 aromatic rings. The molecule has 0 radical (unpaired) electrons. The molecule has 168 valence electrons. The van der Waals surface area contributed by atoms with Crippen molar-refractivity contribution in [3.63, 3.8) is 0 Å². The van der Waals surface area contributed by atoms with Crippen LogP contribution >= 0.6 is 45.2 Å². The van der Waals surface area contributed by atoms with E-state index in [0.29, 0.717) is 18.4 Å². The number of nitrogens with zero attached hydrogens (tertiary/aromatic N) is 1. The number of ether oxygens (including phenoxy) is 2. The SMILES string of the molecule is Cc1ccc(COc2c(I)cc(/C=C3\N=C(c4ccc(C(C)C)cc4)OC3=O)cc2I)cc1. The monoisotopic (exact) mass is 663 g/mol. The van der Waals surface area contributed by atoms with Gasteiger partial charge in [0.25, 0.3) is 0 Å². The van der Waals surface area contributed by atoms with Crippen LogP contribution in [-0.2, 0) is 16.1 Å². The number of halogens is 2. The summed E-state index contributed by atoms with van der Waals surface area (Å²) in [6.07, 6.45) is 1.76. The van der Waals surface area contributed by atoms with Gasteiger partial charge in [-0.3, -0.25) is 0 Å². The smallest absolute Gasteiger partial charge is 0.363 e. The quantitative estimate of drug-likeness (QED) is 0.159. The van der Waals surface area contributed by atoms with Crippen LogP contribution in [0.1, 0.15) is 47.6 Å². The van der Waals surface area contributed by atoms with Gasteiger partial charge >= 0.3 is 5.97 Å². The predicted octanol–water partition coefficient (Wildman–Crippen LogP) is 7.25. The fourth-order valence-electron chi connectivity index (χ4n) is 3.34. The lowest BCUT2D eigenvalue weighted by Gasteiger charge is -2.12. The number of rotatable bonds is 6. The molecule has 0 saturated carbocycles. The highest BCUT2D eigenvalue weighted by Gasteiger charge is 2.24. The van der Waals surface area contributed by atoms with Gasteiger partial charge in [0.1, 0.15) is 12.4 Å². The molecule has 0 bridgehead atoms. The van der Waals surface area contributed by atoms with E-state index in [0.717, 1.165) is 29.6 Å². The van der Waals surface area contributed by atoms with Crippen molar-refractivity contribution in [3.8, 4) is 5.75 Å². The Morgan fingerprint density at radius 2 is 1.64 bits per heavy atom. The first kappa shape index (κ1) is 23.9. The van der Waals surface area contributed by atoms with Crippen LogP contribution in [0.5, 0.6) is 5.75 Å². The van der Waals surface area contributed by atoms with E-state index in [2.05, 4.69) is 95.2 Å². The van der Waals surface area contributed by atoms with E-state index < -0.39 is 5.97 Å². The Labute approximate surface area is 221 Å². The van der Waals surface area contributed by atoms with Crippen LogP contribution in [0.25, 0.3) is 6.08 Å². The topological polar surface area (TPSA) is 47.9 Å². The van der Waals surface area contributed by atoms with Crippen molar-refractivity contribution in [2.75, 3.05) is 0 Å². The third-order valence-corrected chi connectivity index (χ3v) is 6.88. The molecule has 4 nitrogen and oxygen atoms in total. The first-order valence-corrected chi connectivity index (χ1v) is 12.8. The summed E-state index contributed by atoms with van der Waals surface area (Å²) in [6.45, 7) is 6.86. The van der Waals surface area contributed by atoms with Crippen molar-refractivity contribution >= 4 is 63.1 Å². The summed E-state index contributed by atoms with van der Waals surface area (Å²) < 4.78 is 13.5. The first-order chi connectivity index (χ1) is 15.8. The van der Waals surface area contributed by atoms with Gasteiger partial charge in [-0.1, -0.05) is 55.8 Å². The molecule has 1 aliphatic heterocycles. The van der Waals surface area contributed by atoms with E-state index in [1.54, 1.807) is 6.08 Å². The maximum atomic E-state index is 12.4. The van der Waals surface area contributed by atoms with Gasteiger partial charge in [0.05, 0.1) is 7.14 Å². The van der Waals surface area contributed by atoms with E-state index in [1.165, 1.54) is 11.1 Å². The number of carbonyl (C=O) groups is 1. The van der Waals surface area contributed by atoms with E-state index in [4.69, 9.17) is 9.47 Å². The van der Waals surface area contributed by atoms with E-state index in [1.807, 2.05) is 36.4 Å². The summed E-state index contributed by atoms with van der Waals surface area (Å²) in [5.41, 5.74) is 5.53. The van der Waals surface area contributed by atoms with Gasteiger partial charge in [-0.05, 0) is 105 Å². The lowest BCUT2D eigenvalue weighted by atomic mass is 10.0. The van der Waals surface area contributed by atoms with Crippen molar-refractivity contribution in [1.82, 2.24) is 0 Å². The van der Waals surface area contributed by atoms with Crippen molar-refractivity contribution in [2.45, 2.75) is 33.3 Å². The molecule has 0 aromatic heterocycles. The number of aryl methyl sites for hydroxylation is 1. The molecule has 0 amide bonds. The molecule has 0 fully saturated rings. The minimum atomic E-state index is -0.442. The van der Waals surface area contributed by atoms with E-state index in [9.17, 15) is 4.79 Å². The van der Waals surface area contributed by atoms with Crippen LogP contribution in [-0.4, -0.2) is 11.9 Å². The Morgan fingerprint density at radius 1 is 1.00 bits per heavy atom. The molecule has 0 N–H and O–H groups in total. The highest BCUT2D eigenvalue weighted by Crippen LogP contribution is 2.31. The van der Waals surface area contributed by atoms with Crippen LogP contribution in [0.15, 0.2) is 71.4 Å². The first-order valence-electron chi connectivity index (χ1n) is 10.6. The number of carbonyl (C=O) groups excluding carboxylic acids is 1. The van der Waals surface area contributed by atoms with Gasteiger partial charge < -0.3 is 9.47 Å². The Hall–Kier alpha value is -2.20. The molecule has 1 heterocycles. The second-order valence-electron chi connectivity index (χ2n) is 8.20. The number of hydrogen-bond acceptors (Lipinski definition) is 4. The van der Waals surface area contributed by atoms with Crippen molar-refractivity contribution in [3.05, 3.63) is 101 Å². The van der Waals surface area contributed by atoms with E-state index >= 15 is 0 Å². The predicted molar refractivity (Wildman–Crippen MR) is 149 cm³/mol. The average Bonchev–Trinajstić information content (AvgIpc) is 3.14. The van der Waals surface area contributed by atoms with Crippen LogP contribution in [0.2, 0.25) is 0 Å². The van der Waals surface area contributed by atoms with E-state index in [-0.39, 0.29) is 5.70 Å². The fourth-order valence-corrected chi connectivity index (χ4v) is 5.47. The molecule has 1 aliphatic rings. The molecule has 0 atom stereocenters. The minimum absolute atomic E-state index is 0.290. The third-order valence-electron chi connectivity index (χ3n) is 5.27. The third kappa shape index (κ3) is 5.84. The molecule has 0 saturated heterocycles. The highest BCUT2D eigenvalue weighted by molar-refractivity contribution is 14.1. The Bertz CT molecular complexity index is 1220. The molecule has 0 spiro atoms. The van der Waals surface area contributed by atoms with Crippen LogP contribution in [0, 0.1) is 14.1 Å². The summed E-state index contributed by atoms with van der Waals surface area (Å²) in [5, 5.41) is 0. The Kier molecular flexibility index (Phi) is 7.53. The van der Waals surface area contributed by atoms with Gasteiger partial charge in [0.15, 0.2) is 5.70 Å². The average molecular weight is 663 g/mol. The second-order valence-corrected chi connectivity index (χ2v) is 10.5. The molecule has 6 heteroatoms. The molecule has 4 rings (SSSR count). The number of cyclic esters (lactones) is 1. The fraction of sp³-hybridized carbons (Fsp3) is 0.185. The van der Waals surface area contributed by atoms with Gasteiger partial charge in [-0.2, -0.15) is 0 Å². The van der Waals surface area contributed by atoms with Gasteiger partial charge in [-0.15, -0.1) is 0 Å². The van der Waals surface area contributed by atoms with Crippen molar-refractivity contribution in [2.24, 2.45) is 4.99 Å². The van der Waals surface area contributed by atoms with Gasteiger partial charge in [0, 0.05) is 5.56 Å². The Morgan fingerprint density at radius 3 is 2.24 bits per heavy atom. The normalized spacial score (nSPS) is 14.5. The molecule has 33 heavy (non-hydrogen) atoms. The van der Waals surface area contributed by atoms with Crippen molar-refractivity contribution < 1.29 is 14.3 Å². The zero-order valence-corrected chi connectivity index (χ0v) is 22.9.